The number of anilines is 1. The number of halogens is 3. The van der Waals surface area contributed by atoms with Crippen LogP contribution in [0.3, 0.4) is 0 Å². The van der Waals surface area contributed by atoms with E-state index in [-0.39, 0.29) is 17.7 Å². The zero-order chi connectivity index (χ0) is 16.2. The molecule has 1 rings (SSSR count). The molecule has 0 aliphatic heterocycles. The lowest BCUT2D eigenvalue weighted by molar-refractivity contribution is -0.137. The van der Waals surface area contributed by atoms with Gasteiger partial charge in [0.05, 0.1) is 11.1 Å². The number of primary amides is 1. The zero-order valence-electron chi connectivity index (χ0n) is 11.3. The van der Waals surface area contributed by atoms with Crippen molar-refractivity contribution in [2.45, 2.75) is 32.0 Å². The molecule has 0 aromatic heterocycles. The molecule has 116 valence electrons. The average Bonchev–Trinajstić information content (AvgIpc) is 2.35. The predicted octanol–water partition coefficient (Wildman–Crippen LogP) is 1.67. The fourth-order valence-electron chi connectivity index (χ4n) is 1.66. The van der Waals surface area contributed by atoms with Crippen LogP contribution < -0.4 is 16.8 Å². The quantitative estimate of drug-likeness (QED) is 0.722. The summed E-state index contributed by atoms with van der Waals surface area (Å²) >= 11 is 0. The number of nitrogen functional groups attached to an aromatic ring is 1. The maximum Gasteiger partial charge on any atom is 0.416 e. The molecule has 1 aromatic carbocycles. The Bertz CT molecular complexity index is 544. The number of carbonyl (C=O) groups is 2. The van der Waals surface area contributed by atoms with Crippen LogP contribution in [0.5, 0.6) is 0 Å². The number of nitrogens with two attached hydrogens (primary N) is 2. The Labute approximate surface area is 119 Å². The first-order chi connectivity index (χ1) is 9.61. The molecule has 0 bridgehead atoms. The molecule has 0 aliphatic rings. The van der Waals surface area contributed by atoms with Gasteiger partial charge in [-0.15, -0.1) is 0 Å². The van der Waals surface area contributed by atoms with Crippen molar-refractivity contribution in [2.24, 2.45) is 5.73 Å². The van der Waals surface area contributed by atoms with E-state index in [2.05, 4.69) is 5.32 Å². The van der Waals surface area contributed by atoms with Gasteiger partial charge in [0.1, 0.15) is 0 Å². The Morgan fingerprint density at radius 2 is 1.95 bits per heavy atom. The van der Waals surface area contributed by atoms with Crippen molar-refractivity contribution >= 4 is 17.5 Å². The molecule has 0 unspecified atom stereocenters. The Hall–Kier alpha value is -2.25. The summed E-state index contributed by atoms with van der Waals surface area (Å²) in [7, 11) is 0. The number of benzene rings is 1. The molecule has 0 radical (unpaired) electrons. The number of amides is 2. The molecule has 2 amide bonds. The van der Waals surface area contributed by atoms with Crippen LogP contribution in [0.2, 0.25) is 0 Å². The maximum atomic E-state index is 12.6. The SMILES string of the molecule is C[C@@H](CCC(N)=O)NC(=O)c1cc(C(F)(F)F)ccc1N. The van der Waals surface area contributed by atoms with Crippen LogP contribution in [0.4, 0.5) is 18.9 Å². The van der Waals surface area contributed by atoms with Crippen molar-refractivity contribution in [3.63, 3.8) is 0 Å². The number of hydrogen-bond donors (Lipinski definition) is 3. The summed E-state index contributed by atoms with van der Waals surface area (Å²) in [6.45, 7) is 1.62. The highest BCUT2D eigenvalue weighted by Gasteiger charge is 2.31. The van der Waals surface area contributed by atoms with Gasteiger partial charge in [-0.05, 0) is 31.5 Å². The molecule has 1 aromatic rings. The average molecular weight is 303 g/mol. The highest BCUT2D eigenvalue weighted by atomic mass is 19.4. The second kappa shape index (κ2) is 6.47. The van der Waals surface area contributed by atoms with Crippen LogP contribution in [0.1, 0.15) is 35.7 Å². The van der Waals surface area contributed by atoms with Gasteiger partial charge in [0.2, 0.25) is 5.91 Å². The Kier molecular flexibility index (Phi) is 5.17. The zero-order valence-corrected chi connectivity index (χ0v) is 11.3. The first kappa shape index (κ1) is 16.8. The molecule has 8 heteroatoms. The van der Waals surface area contributed by atoms with E-state index in [0.717, 1.165) is 12.1 Å². The van der Waals surface area contributed by atoms with E-state index in [1.165, 1.54) is 0 Å². The number of carbonyl (C=O) groups excluding carboxylic acids is 2. The van der Waals surface area contributed by atoms with Crippen LogP contribution in [0.25, 0.3) is 0 Å². The molecule has 1 atom stereocenters. The van der Waals surface area contributed by atoms with Crippen molar-refractivity contribution in [1.29, 1.82) is 0 Å². The van der Waals surface area contributed by atoms with Crippen LogP contribution in [0, 0.1) is 0 Å². The molecule has 21 heavy (non-hydrogen) atoms. The third kappa shape index (κ3) is 4.97. The van der Waals surface area contributed by atoms with E-state index in [0.29, 0.717) is 12.5 Å². The topological polar surface area (TPSA) is 98.2 Å². The van der Waals surface area contributed by atoms with E-state index in [9.17, 15) is 22.8 Å². The lowest BCUT2D eigenvalue weighted by Gasteiger charge is -2.15. The minimum atomic E-state index is -4.56. The van der Waals surface area contributed by atoms with Gasteiger partial charge < -0.3 is 16.8 Å². The van der Waals surface area contributed by atoms with Gasteiger partial charge in [0, 0.05) is 18.2 Å². The molecule has 0 saturated carbocycles. The number of nitrogens with one attached hydrogen (secondary N) is 1. The summed E-state index contributed by atoms with van der Waals surface area (Å²) in [5, 5.41) is 2.48. The molecular formula is C13H16F3N3O2. The molecule has 0 heterocycles. The van der Waals surface area contributed by atoms with Gasteiger partial charge in [0.25, 0.3) is 5.91 Å². The number of hydrogen-bond acceptors (Lipinski definition) is 3. The summed E-state index contributed by atoms with van der Waals surface area (Å²) in [5.41, 5.74) is 9.25. The first-order valence-electron chi connectivity index (χ1n) is 6.17. The normalized spacial score (nSPS) is 12.8. The predicted molar refractivity (Wildman–Crippen MR) is 71.2 cm³/mol. The summed E-state index contributed by atoms with van der Waals surface area (Å²) in [6, 6.07) is 2.12. The smallest absolute Gasteiger partial charge is 0.398 e. The van der Waals surface area contributed by atoms with Crippen LogP contribution >= 0.6 is 0 Å². The second-order valence-electron chi connectivity index (χ2n) is 4.68. The standard InChI is InChI=1S/C13H16F3N3O2/c1-7(2-5-11(18)20)19-12(21)9-6-8(13(14,15)16)3-4-10(9)17/h3-4,6-7H,2,5,17H2,1H3,(H2,18,20)(H,19,21)/t7-/m0/s1. The lowest BCUT2D eigenvalue weighted by atomic mass is 10.1. The minimum absolute atomic E-state index is 0.0531. The molecule has 5 nitrogen and oxygen atoms in total. The summed E-state index contributed by atoms with van der Waals surface area (Å²) in [6.07, 6.45) is -4.19. The van der Waals surface area contributed by atoms with Crippen molar-refractivity contribution in [3.05, 3.63) is 29.3 Å². The fourth-order valence-corrected chi connectivity index (χ4v) is 1.66. The molecule has 0 fully saturated rings. The molecular weight excluding hydrogens is 287 g/mol. The lowest BCUT2D eigenvalue weighted by Crippen LogP contribution is -2.34. The molecule has 0 saturated heterocycles. The first-order valence-corrected chi connectivity index (χ1v) is 6.17. The number of rotatable bonds is 5. The summed E-state index contributed by atoms with van der Waals surface area (Å²) in [5.74, 6) is -1.25. The van der Waals surface area contributed by atoms with E-state index in [4.69, 9.17) is 11.5 Å². The van der Waals surface area contributed by atoms with E-state index < -0.39 is 29.6 Å². The van der Waals surface area contributed by atoms with Gasteiger partial charge >= 0.3 is 6.18 Å². The minimum Gasteiger partial charge on any atom is -0.398 e. The van der Waals surface area contributed by atoms with Gasteiger partial charge in [-0.2, -0.15) is 13.2 Å². The van der Waals surface area contributed by atoms with Crippen LogP contribution in [0.15, 0.2) is 18.2 Å². The molecule has 0 spiro atoms. The van der Waals surface area contributed by atoms with Crippen molar-refractivity contribution in [1.82, 2.24) is 5.32 Å². The van der Waals surface area contributed by atoms with E-state index in [1.807, 2.05) is 0 Å². The van der Waals surface area contributed by atoms with E-state index >= 15 is 0 Å². The largest absolute Gasteiger partial charge is 0.416 e. The Morgan fingerprint density at radius 3 is 2.48 bits per heavy atom. The fraction of sp³-hybridized carbons (Fsp3) is 0.385. The van der Waals surface area contributed by atoms with Gasteiger partial charge in [0.15, 0.2) is 0 Å². The van der Waals surface area contributed by atoms with Crippen molar-refractivity contribution in [2.75, 3.05) is 5.73 Å². The molecule has 0 aliphatic carbocycles. The monoisotopic (exact) mass is 303 g/mol. The Morgan fingerprint density at radius 1 is 1.33 bits per heavy atom. The van der Waals surface area contributed by atoms with Crippen molar-refractivity contribution < 1.29 is 22.8 Å². The summed E-state index contributed by atoms with van der Waals surface area (Å²) in [4.78, 5) is 22.6. The highest BCUT2D eigenvalue weighted by Crippen LogP contribution is 2.31. The van der Waals surface area contributed by atoms with Gasteiger partial charge in [-0.3, -0.25) is 9.59 Å². The highest BCUT2D eigenvalue weighted by molar-refractivity contribution is 5.99. The third-order valence-corrected chi connectivity index (χ3v) is 2.83. The van der Waals surface area contributed by atoms with Crippen LogP contribution in [-0.2, 0) is 11.0 Å². The number of alkyl halides is 3. The van der Waals surface area contributed by atoms with E-state index in [1.54, 1.807) is 6.92 Å². The van der Waals surface area contributed by atoms with Crippen LogP contribution in [-0.4, -0.2) is 17.9 Å². The van der Waals surface area contributed by atoms with Gasteiger partial charge in [-0.1, -0.05) is 0 Å². The van der Waals surface area contributed by atoms with Crippen molar-refractivity contribution in [3.8, 4) is 0 Å². The third-order valence-electron chi connectivity index (χ3n) is 2.83. The molecule has 5 N–H and O–H groups in total. The summed E-state index contributed by atoms with van der Waals surface area (Å²) < 4.78 is 37.8. The maximum absolute atomic E-state index is 12.6. The Balaban J connectivity index is 2.84. The van der Waals surface area contributed by atoms with Gasteiger partial charge in [-0.25, -0.2) is 0 Å². The second-order valence-corrected chi connectivity index (χ2v) is 4.68.